The number of anilines is 2. The molecule has 0 saturated carbocycles. The van der Waals surface area contributed by atoms with E-state index in [4.69, 9.17) is 4.74 Å². The Bertz CT molecular complexity index is 784. The van der Waals surface area contributed by atoms with Crippen molar-refractivity contribution in [3.8, 4) is 0 Å². The molecule has 2 aromatic rings. The summed E-state index contributed by atoms with van der Waals surface area (Å²) in [6.07, 6.45) is 2.12. The van der Waals surface area contributed by atoms with E-state index < -0.39 is 0 Å². The first-order valence-corrected chi connectivity index (χ1v) is 9.20. The Morgan fingerprint density at radius 3 is 2.67 bits per heavy atom. The van der Waals surface area contributed by atoms with E-state index in [2.05, 4.69) is 16.0 Å². The van der Waals surface area contributed by atoms with Crippen LogP contribution in [0, 0.1) is 6.92 Å². The minimum Gasteiger partial charge on any atom is -0.376 e. The number of hydrogen-bond acceptors (Lipinski definition) is 4. The van der Waals surface area contributed by atoms with E-state index in [1.165, 1.54) is 5.56 Å². The molecule has 1 fully saturated rings. The largest absolute Gasteiger partial charge is 0.376 e. The summed E-state index contributed by atoms with van der Waals surface area (Å²) in [6, 6.07) is 14.8. The molecule has 0 aliphatic carbocycles. The second-order valence-corrected chi connectivity index (χ2v) is 6.69. The van der Waals surface area contributed by atoms with Gasteiger partial charge in [-0.2, -0.15) is 0 Å². The number of carbonyl (C=O) groups excluding carboxylic acids is 2. The van der Waals surface area contributed by atoms with Gasteiger partial charge in [0.15, 0.2) is 0 Å². The van der Waals surface area contributed by atoms with Crippen LogP contribution in [0.4, 0.5) is 11.4 Å². The summed E-state index contributed by atoms with van der Waals surface area (Å²) in [5.74, 6) is -0.341. The van der Waals surface area contributed by atoms with E-state index in [1.807, 2.05) is 31.2 Å². The monoisotopic (exact) mass is 367 g/mol. The van der Waals surface area contributed by atoms with Crippen LogP contribution < -0.4 is 16.0 Å². The maximum atomic E-state index is 12.3. The zero-order valence-electron chi connectivity index (χ0n) is 15.5. The average Bonchev–Trinajstić information content (AvgIpc) is 3.19. The first-order chi connectivity index (χ1) is 13.1. The maximum absolute atomic E-state index is 12.3. The zero-order valence-corrected chi connectivity index (χ0v) is 15.5. The van der Waals surface area contributed by atoms with Gasteiger partial charge in [-0.05, 0) is 50.1 Å². The highest BCUT2D eigenvalue weighted by atomic mass is 16.5. The minimum absolute atomic E-state index is 0.102. The van der Waals surface area contributed by atoms with Gasteiger partial charge in [0.1, 0.15) is 0 Å². The Morgan fingerprint density at radius 2 is 1.93 bits per heavy atom. The van der Waals surface area contributed by atoms with Crippen LogP contribution in [0.25, 0.3) is 0 Å². The van der Waals surface area contributed by atoms with Crippen molar-refractivity contribution in [1.29, 1.82) is 0 Å². The third kappa shape index (κ3) is 5.82. The number of aryl methyl sites for hydroxylation is 1. The molecule has 6 heteroatoms. The smallest absolute Gasteiger partial charge is 0.251 e. The SMILES string of the molecule is Cc1ccc(NCC(=O)Nc2cccc(C(=O)NCC3CCCO3)c2)cc1. The van der Waals surface area contributed by atoms with Gasteiger partial charge in [-0.25, -0.2) is 0 Å². The molecule has 3 N–H and O–H groups in total. The van der Waals surface area contributed by atoms with Crippen LogP contribution >= 0.6 is 0 Å². The Kier molecular flexibility index (Phi) is 6.44. The van der Waals surface area contributed by atoms with Gasteiger partial charge in [0, 0.05) is 30.1 Å². The molecule has 1 heterocycles. The molecule has 1 unspecified atom stereocenters. The van der Waals surface area contributed by atoms with Gasteiger partial charge >= 0.3 is 0 Å². The van der Waals surface area contributed by atoms with Gasteiger partial charge in [0.25, 0.3) is 5.91 Å². The lowest BCUT2D eigenvalue weighted by molar-refractivity contribution is -0.114. The molecule has 27 heavy (non-hydrogen) atoms. The van der Waals surface area contributed by atoms with Gasteiger partial charge in [0.2, 0.25) is 5.91 Å². The molecule has 1 atom stereocenters. The summed E-state index contributed by atoms with van der Waals surface area (Å²) in [4.78, 5) is 24.4. The third-order valence-corrected chi connectivity index (χ3v) is 4.43. The standard InChI is InChI=1S/C21H25N3O3/c1-15-7-9-17(10-8-15)22-14-20(25)24-18-5-2-4-16(12-18)21(26)23-13-19-6-3-11-27-19/h2,4-5,7-10,12,19,22H,3,6,11,13-14H2,1H3,(H,23,26)(H,24,25). The van der Waals surface area contributed by atoms with E-state index in [0.29, 0.717) is 17.8 Å². The first kappa shape index (κ1) is 18.9. The Morgan fingerprint density at radius 1 is 1.11 bits per heavy atom. The lowest BCUT2D eigenvalue weighted by Crippen LogP contribution is -2.31. The minimum atomic E-state index is -0.174. The highest BCUT2D eigenvalue weighted by molar-refractivity contribution is 5.98. The summed E-state index contributed by atoms with van der Waals surface area (Å²) in [7, 11) is 0. The van der Waals surface area contributed by atoms with Crippen LogP contribution in [0.2, 0.25) is 0 Å². The lowest BCUT2D eigenvalue weighted by Gasteiger charge is -2.12. The molecule has 0 spiro atoms. The lowest BCUT2D eigenvalue weighted by atomic mass is 10.1. The van der Waals surface area contributed by atoms with Gasteiger partial charge in [0.05, 0.1) is 12.6 Å². The molecule has 3 rings (SSSR count). The van der Waals surface area contributed by atoms with E-state index in [-0.39, 0.29) is 24.5 Å². The van der Waals surface area contributed by atoms with E-state index in [9.17, 15) is 9.59 Å². The van der Waals surface area contributed by atoms with Crippen molar-refractivity contribution in [1.82, 2.24) is 5.32 Å². The fraction of sp³-hybridized carbons (Fsp3) is 0.333. The van der Waals surface area contributed by atoms with Gasteiger partial charge in [-0.15, -0.1) is 0 Å². The topological polar surface area (TPSA) is 79.5 Å². The molecule has 1 saturated heterocycles. The fourth-order valence-corrected chi connectivity index (χ4v) is 2.91. The summed E-state index contributed by atoms with van der Waals surface area (Å²) < 4.78 is 5.51. The molecule has 1 aliphatic rings. The predicted octanol–water partition coefficient (Wildman–Crippen LogP) is 2.95. The molecular weight excluding hydrogens is 342 g/mol. The summed E-state index contributed by atoms with van der Waals surface area (Å²) >= 11 is 0. The summed E-state index contributed by atoms with van der Waals surface area (Å²) in [6.45, 7) is 3.44. The van der Waals surface area contributed by atoms with Crippen LogP contribution in [0.1, 0.15) is 28.8 Å². The predicted molar refractivity (Wildman–Crippen MR) is 106 cm³/mol. The summed E-state index contributed by atoms with van der Waals surface area (Å²) in [5, 5.41) is 8.77. The van der Waals surface area contributed by atoms with Crippen LogP contribution in [-0.4, -0.2) is 37.6 Å². The zero-order chi connectivity index (χ0) is 19.1. The number of ether oxygens (including phenoxy) is 1. The molecule has 0 bridgehead atoms. The molecule has 1 aliphatic heterocycles. The maximum Gasteiger partial charge on any atom is 0.251 e. The number of nitrogens with one attached hydrogen (secondary N) is 3. The van der Waals surface area contributed by atoms with Gasteiger partial charge in [-0.3, -0.25) is 9.59 Å². The molecule has 142 valence electrons. The van der Waals surface area contributed by atoms with E-state index in [1.54, 1.807) is 24.3 Å². The second-order valence-electron chi connectivity index (χ2n) is 6.69. The Hall–Kier alpha value is -2.86. The molecule has 6 nitrogen and oxygen atoms in total. The highest BCUT2D eigenvalue weighted by Gasteiger charge is 2.16. The van der Waals surface area contributed by atoms with Crippen molar-refractivity contribution in [3.05, 3.63) is 59.7 Å². The van der Waals surface area contributed by atoms with E-state index in [0.717, 1.165) is 25.1 Å². The quantitative estimate of drug-likeness (QED) is 0.703. The average molecular weight is 367 g/mol. The fourth-order valence-electron chi connectivity index (χ4n) is 2.91. The number of rotatable bonds is 7. The number of benzene rings is 2. The van der Waals surface area contributed by atoms with E-state index >= 15 is 0 Å². The van der Waals surface area contributed by atoms with Gasteiger partial charge in [-0.1, -0.05) is 23.8 Å². The number of carbonyl (C=O) groups is 2. The molecule has 2 amide bonds. The number of amides is 2. The van der Waals surface area contributed by atoms with Crippen molar-refractivity contribution < 1.29 is 14.3 Å². The van der Waals surface area contributed by atoms with Gasteiger partial charge < -0.3 is 20.7 Å². The molecular formula is C21H25N3O3. The normalized spacial score (nSPS) is 16.0. The molecule has 2 aromatic carbocycles. The van der Waals surface area contributed by atoms with Crippen molar-refractivity contribution in [2.45, 2.75) is 25.9 Å². The Labute approximate surface area is 159 Å². The highest BCUT2D eigenvalue weighted by Crippen LogP contribution is 2.13. The number of hydrogen-bond donors (Lipinski definition) is 3. The molecule has 0 radical (unpaired) electrons. The van der Waals surface area contributed by atoms with Crippen molar-refractivity contribution in [2.24, 2.45) is 0 Å². The van der Waals surface area contributed by atoms with Crippen LogP contribution in [-0.2, 0) is 9.53 Å². The van der Waals surface area contributed by atoms with Crippen molar-refractivity contribution in [3.63, 3.8) is 0 Å². The molecule has 0 aromatic heterocycles. The first-order valence-electron chi connectivity index (χ1n) is 9.20. The van der Waals surface area contributed by atoms with Crippen molar-refractivity contribution in [2.75, 3.05) is 30.3 Å². The summed E-state index contributed by atoms with van der Waals surface area (Å²) in [5.41, 5.74) is 3.16. The van der Waals surface area contributed by atoms with Crippen LogP contribution in [0.5, 0.6) is 0 Å². The Balaban J connectivity index is 1.49. The van der Waals surface area contributed by atoms with Crippen LogP contribution in [0.15, 0.2) is 48.5 Å². The van der Waals surface area contributed by atoms with Crippen LogP contribution in [0.3, 0.4) is 0 Å². The third-order valence-electron chi connectivity index (χ3n) is 4.43. The second kappa shape index (κ2) is 9.19. The van der Waals surface area contributed by atoms with Crippen molar-refractivity contribution >= 4 is 23.2 Å².